The molecule has 0 fully saturated rings. The number of anilines is 3. The van der Waals surface area contributed by atoms with Crippen LogP contribution in [0.1, 0.15) is 22.3 Å². The molecule has 0 amide bonds. The standard InChI is InChI=1S/C80H52F2N4S/c81-66-37-25-57(26-38-66)64-35-48-74-72(51-64)73-52-65(58-27-39-67(82)40-28-58)36-49-75(73)86(74)70-45-33-59(34-46-70)71-47-50-76(80-79(71)83-87-84-80)85(68-41-29-55(30-42-68)53-13-5-1-6-14-53)69-43-31-56(32-44-69)54-21-23-63(24-22-54)78(62-19-11-4-12-20-62)77(60-15-7-2-8-16-60)61-17-9-3-10-18-61/h1-52H. The molecule has 0 aliphatic rings. The van der Waals surface area contributed by atoms with Crippen molar-refractivity contribution in [1.29, 1.82) is 0 Å². The van der Waals surface area contributed by atoms with Crippen molar-refractivity contribution >= 4 is 72.8 Å². The molecule has 4 nitrogen and oxygen atoms in total. The molecule has 13 aromatic carbocycles. The van der Waals surface area contributed by atoms with Crippen molar-refractivity contribution < 1.29 is 8.78 Å². The predicted octanol–water partition coefficient (Wildman–Crippen LogP) is 21.9. The zero-order valence-corrected chi connectivity index (χ0v) is 47.8. The van der Waals surface area contributed by atoms with Gasteiger partial charge in [-0.05, 0) is 181 Å². The summed E-state index contributed by atoms with van der Waals surface area (Å²) in [5, 5.41) is 2.10. The molecule has 412 valence electrons. The van der Waals surface area contributed by atoms with Gasteiger partial charge in [0.05, 0.1) is 28.4 Å². The van der Waals surface area contributed by atoms with Gasteiger partial charge in [0, 0.05) is 33.4 Å². The molecular formula is C80H52F2N4S. The van der Waals surface area contributed by atoms with Crippen molar-refractivity contribution in [3.05, 3.63) is 349 Å². The van der Waals surface area contributed by atoms with E-state index >= 15 is 0 Å². The van der Waals surface area contributed by atoms with Crippen LogP contribution < -0.4 is 4.90 Å². The first kappa shape index (κ1) is 52.7. The summed E-state index contributed by atoms with van der Waals surface area (Å²) in [5.74, 6) is -0.550. The summed E-state index contributed by atoms with van der Waals surface area (Å²) in [4.78, 5) is 2.29. The average molecular weight is 1140 g/mol. The minimum atomic E-state index is -0.275. The van der Waals surface area contributed by atoms with Crippen LogP contribution in [0.15, 0.2) is 315 Å². The second kappa shape index (κ2) is 22.8. The highest BCUT2D eigenvalue weighted by molar-refractivity contribution is 7.00. The minimum absolute atomic E-state index is 0.275. The third-order valence-electron chi connectivity index (χ3n) is 16.5. The van der Waals surface area contributed by atoms with E-state index < -0.39 is 0 Å². The topological polar surface area (TPSA) is 34.0 Å². The Labute approximate surface area is 507 Å². The Kier molecular flexibility index (Phi) is 13.8. The summed E-state index contributed by atoms with van der Waals surface area (Å²) < 4.78 is 40.5. The molecule has 0 aliphatic heterocycles. The van der Waals surface area contributed by atoms with Crippen LogP contribution in [0.25, 0.3) is 105 Å². The first-order chi connectivity index (χ1) is 43.0. The average Bonchev–Trinajstić information content (AvgIpc) is 2.01. The van der Waals surface area contributed by atoms with Crippen molar-refractivity contribution in [2.75, 3.05) is 4.90 Å². The van der Waals surface area contributed by atoms with Crippen LogP contribution in [0.5, 0.6) is 0 Å². The maximum atomic E-state index is 14.1. The lowest BCUT2D eigenvalue weighted by Gasteiger charge is -2.26. The van der Waals surface area contributed by atoms with Crippen molar-refractivity contribution in [3.8, 4) is 61.3 Å². The lowest BCUT2D eigenvalue weighted by Crippen LogP contribution is -2.10. The number of hydrogen-bond donors (Lipinski definition) is 0. The maximum Gasteiger partial charge on any atom is 0.129 e. The molecule has 2 heterocycles. The normalized spacial score (nSPS) is 11.3. The summed E-state index contributed by atoms with van der Waals surface area (Å²) in [6.07, 6.45) is 0. The van der Waals surface area contributed by atoms with E-state index in [0.29, 0.717) is 0 Å². The molecule has 0 saturated carbocycles. The number of aromatic nitrogens is 3. The van der Waals surface area contributed by atoms with E-state index in [2.05, 4.69) is 270 Å². The van der Waals surface area contributed by atoms with Gasteiger partial charge in [-0.25, -0.2) is 8.78 Å². The zero-order valence-electron chi connectivity index (χ0n) is 47.0. The number of rotatable bonds is 13. The van der Waals surface area contributed by atoms with Gasteiger partial charge in [-0.15, -0.1) is 0 Å². The lowest BCUT2D eigenvalue weighted by atomic mass is 9.85. The highest BCUT2D eigenvalue weighted by Gasteiger charge is 2.23. The van der Waals surface area contributed by atoms with Crippen molar-refractivity contribution in [2.45, 2.75) is 0 Å². The second-order valence-electron chi connectivity index (χ2n) is 21.7. The van der Waals surface area contributed by atoms with E-state index in [9.17, 15) is 8.78 Å². The molecule has 0 aliphatic carbocycles. The highest BCUT2D eigenvalue weighted by Crippen LogP contribution is 2.44. The van der Waals surface area contributed by atoms with E-state index in [0.717, 1.165) is 133 Å². The second-order valence-corrected chi connectivity index (χ2v) is 22.2. The highest BCUT2D eigenvalue weighted by atomic mass is 32.1. The Hall–Kier alpha value is -11.1. The number of hydrogen-bond acceptors (Lipinski definition) is 4. The summed E-state index contributed by atoms with van der Waals surface area (Å²) in [7, 11) is 0. The predicted molar refractivity (Wildman–Crippen MR) is 358 cm³/mol. The molecule has 0 saturated heterocycles. The van der Waals surface area contributed by atoms with Crippen LogP contribution >= 0.6 is 11.7 Å². The molecular weight excluding hydrogens is 1090 g/mol. The van der Waals surface area contributed by atoms with Crippen LogP contribution in [0.4, 0.5) is 25.8 Å². The monoisotopic (exact) mass is 1140 g/mol. The van der Waals surface area contributed by atoms with E-state index in [1.807, 2.05) is 30.3 Å². The largest absolute Gasteiger partial charge is 0.309 e. The van der Waals surface area contributed by atoms with Crippen molar-refractivity contribution in [3.63, 3.8) is 0 Å². The van der Waals surface area contributed by atoms with Gasteiger partial charge in [-0.3, -0.25) is 0 Å². The molecule has 0 bridgehead atoms. The van der Waals surface area contributed by atoms with Crippen LogP contribution in [0, 0.1) is 11.6 Å². The van der Waals surface area contributed by atoms with E-state index in [1.54, 1.807) is 0 Å². The van der Waals surface area contributed by atoms with Gasteiger partial charge in [-0.2, -0.15) is 8.75 Å². The van der Waals surface area contributed by atoms with Gasteiger partial charge in [0.25, 0.3) is 0 Å². The van der Waals surface area contributed by atoms with Gasteiger partial charge in [0.1, 0.15) is 22.7 Å². The minimum Gasteiger partial charge on any atom is -0.309 e. The third kappa shape index (κ3) is 10.2. The fraction of sp³-hybridized carbons (Fsp3) is 0. The van der Waals surface area contributed by atoms with Crippen LogP contribution in [0.2, 0.25) is 0 Å². The Morgan fingerprint density at radius 2 is 0.667 bits per heavy atom. The van der Waals surface area contributed by atoms with Gasteiger partial charge in [0.2, 0.25) is 0 Å². The number of halogens is 2. The molecule has 0 spiro atoms. The van der Waals surface area contributed by atoms with Crippen molar-refractivity contribution in [2.24, 2.45) is 0 Å². The third-order valence-corrected chi connectivity index (χ3v) is 17.0. The molecule has 87 heavy (non-hydrogen) atoms. The summed E-state index contributed by atoms with van der Waals surface area (Å²) in [5.41, 5.74) is 24.8. The number of nitrogens with zero attached hydrogens (tertiary/aromatic N) is 4. The molecule has 15 aromatic rings. The zero-order chi connectivity index (χ0) is 58.2. The molecule has 7 heteroatoms. The maximum absolute atomic E-state index is 14.1. The fourth-order valence-electron chi connectivity index (χ4n) is 12.2. The van der Waals surface area contributed by atoms with E-state index in [1.165, 1.54) is 47.1 Å². The first-order valence-electron chi connectivity index (χ1n) is 29.0. The number of fused-ring (bicyclic) bond motifs is 4. The summed E-state index contributed by atoms with van der Waals surface area (Å²) in [6.45, 7) is 0. The van der Waals surface area contributed by atoms with E-state index in [-0.39, 0.29) is 11.6 Å². The van der Waals surface area contributed by atoms with Gasteiger partial charge >= 0.3 is 0 Å². The molecule has 0 unspecified atom stereocenters. The Morgan fingerprint density at radius 1 is 0.310 bits per heavy atom. The van der Waals surface area contributed by atoms with Gasteiger partial charge in [0.15, 0.2) is 0 Å². The Morgan fingerprint density at radius 3 is 1.13 bits per heavy atom. The van der Waals surface area contributed by atoms with Gasteiger partial charge < -0.3 is 9.47 Å². The summed E-state index contributed by atoms with van der Waals surface area (Å²) in [6, 6.07) is 108. The summed E-state index contributed by atoms with van der Waals surface area (Å²) >= 11 is 1.22. The quantitative estimate of drug-likeness (QED) is 0.108. The van der Waals surface area contributed by atoms with E-state index in [4.69, 9.17) is 8.75 Å². The fourth-order valence-corrected chi connectivity index (χ4v) is 12.8. The molecule has 0 atom stereocenters. The van der Waals surface area contributed by atoms with Crippen LogP contribution in [-0.2, 0) is 0 Å². The van der Waals surface area contributed by atoms with Crippen LogP contribution in [0.3, 0.4) is 0 Å². The molecule has 15 rings (SSSR count). The lowest BCUT2D eigenvalue weighted by molar-refractivity contribution is 0.627. The Bertz CT molecular complexity index is 4830. The first-order valence-corrected chi connectivity index (χ1v) is 29.7. The molecule has 2 aromatic heterocycles. The Balaban J connectivity index is 0.788. The smallest absolute Gasteiger partial charge is 0.129 e. The van der Waals surface area contributed by atoms with Gasteiger partial charge in [-0.1, -0.05) is 218 Å². The number of benzene rings is 13. The van der Waals surface area contributed by atoms with Crippen LogP contribution in [-0.4, -0.2) is 13.3 Å². The SMILES string of the molecule is Fc1ccc(-c2ccc3c(c2)c2cc(-c4ccc(F)cc4)ccc2n3-c2ccc(-c3ccc(N(c4ccc(-c5ccccc5)cc4)c4ccc(-c5ccc(C(=C(c6ccccc6)c6ccccc6)c6ccccc6)cc5)cc4)c4nsnc34)cc2)cc1. The molecule has 0 N–H and O–H groups in total. The molecule has 0 radical (unpaired) electrons. The van der Waals surface area contributed by atoms with Crippen molar-refractivity contribution in [1.82, 2.24) is 13.3 Å².